The lowest BCUT2D eigenvalue weighted by atomic mass is 10.0. The second-order valence-corrected chi connectivity index (χ2v) is 6.09. The molecule has 22 heavy (non-hydrogen) atoms. The molecular weight excluding hydrogens is 278 g/mol. The molecule has 0 saturated heterocycles. The van der Waals surface area contributed by atoms with Crippen LogP contribution in [0.3, 0.4) is 0 Å². The van der Waals surface area contributed by atoms with Crippen molar-refractivity contribution in [3.8, 4) is 0 Å². The van der Waals surface area contributed by atoms with Gasteiger partial charge in [-0.1, -0.05) is 31.7 Å². The van der Waals surface area contributed by atoms with Gasteiger partial charge in [0.2, 0.25) is 0 Å². The summed E-state index contributed by atoms with van der Waals surface area (Å²) >= 11 is 0. The van der Waals surface area contributed by atoms with Gasteiger partial charge in [0.05, 0.1) is 0 Å². The number of carbonyl (C=O) groups is 1. The summed E-state index contributed by atoms with van der Waals surface area (Å²) in [5.41, 5.74) is 7.98. The number of hydrogen-bond acceptors (Lipinski definition) is 4. The van der Waals surface area contributed by atoms with Crippen molar-refractivity contribution < 1.29 is 9.90 Å². The van der Waals surface area contributed by atoms with Gasteiger partial charge in [-0.05, 0) is 43.7 Å². The normalized spacial score (nSPS) is 15.0. The summed E-state index contributed by atoms with van der Waals surface area (Å²) in [6.45, 7) is 1.03. The van der Waals surface area contributed by atoms with Crippen LogP contribution < -0.4 is 11.1 Å². The van der Waals surface area contributed by atoms with Gasteiger partial charge in [-0.2, -0.15) is 0 Å². The van der Waals surface area contributed by atoms with E-state index in [1.165, 1.54) is 17.7 Å². The molecule has 0 bridgehead atoms. The minimum atomic E-state index is -0.896. The topological polar surface area (TPSA) is 88.2 Å². The molecule has 0 aliphatic carbocycles. The summed E-state index contributed by atoms with van der Waals surface area (Å²) in [6.07, 6.45) is 9.31. The maximum absolute atomic E-state index is 10.6. The van der Waals surface area contributed by atoms with E-state index in [-0.39, 0.29) is 0 Å². The molecule has 4 N–H and O–H groups in total. The van der Waals surface area contributed by atoms with E-state index in [1.54, 1.807) is 0 Å². The highest BCUT2D eigenvalue weighted by molar-refractivity contribution is 5.72. The van der Waals surface area contributed by atoms with Crippen molar-refractivity contribution in [1.29, 1.82) is 0 Å². The summed E-state index contributed by atoms with van der Waals surface area (Å²) < 4.78 is 0. The third-order valence-corrected chi connectivity index (χ3v) is 4.22. The van der Waals surface area contributed by atoms with Gasteiger partial charge in [-0.25, -0.2) is 4.98 Å². The predicted octanol–water partition coefficient (Wildman–Crippen LogP) is 2.73. The van der Waals surface area contributed by atoms with E-state index in [1.807, 2.05) is 0 Å². The zero-order valence-electron chi connectivity index (χ0n) is 13.2. The number of rotatable bonds is 9. The van der Waals surface area contributed by atoms with Crippen LogP contribution in [-0.2, 0) is 17.6 Å². The summed E-state index contributed by atoms with van der Waals surface area (Å²) in [5, 5.41) is 12.1. The van der Waals surface area contributed by atoms with E-state index in [2.05, 4.69) is 17.4 Å². The van der Waals surface area contributed by atoms with E-state index >= 15 is 0 Å². The van der Waals surface area contributed by atoms with Gasteiger partial charge in [0.1, 0.15) is 11.9 Å². The van der Waals surface area contributed by atoms with Gasteiger partial charge in [0, 0.05) is 12.2 Å². The van der Waals surface area contributed by atoms with E-state index in [4.69, 9.17) is 15.8 Å². The van der Waals surface area contributed by atoms with Crippen LogP contribution >= 0.6 is 0 Å². The van der Waals surface area contributed by atoms with Crippen LogP contribution in [0.25, 0.3) is 0 Å². The van der Waals surface area contributed by atoms with Gasteiger partial charge in [-0.15, -0.1) is 0 Å². The van der Waals surface area contributed by atoms with Crippen molar-refractivity contribution in [2.45, 2.75) is 63.8 Å². The third-order valence-electron chi connectivity index (χ3n) is 4.22. The molecule has 1 aromatic heterocycles. The zero-order valence-corrected chi connectivity index (χ0v) is 13.2. The first-order valence-electron chi connectivity index (χ1n) is 8.38. The molecule has 2 rings (SSSR count). The SMILES string of the molecule is NC(CCCCCCCc1ccc2c(n1)NCCC2)C(=O)O. The molecule has 0 spiro atoms. The van der Waals surface area contributed by atoms with Crippen molar-refractivity contribution in [1.82, 2.24) is 4.98 Å². The van der Waals surface area contributed by atoms with Crippen LogP contribution in [0.5, 0.6) is 0 Å². The molecule has 0 fully saturated rings. The highest BCUT2D eigenvalue weighted by Crippen LogP contribution is 2.20. The summed E-state index contributed by atoms with van der Waals surface area (Å²) in [6, 6.07) is 3.65. The first-order chi connectivity index (χ1) is 10.7. The van der Waals surface area contributed by atoms with Crippen molar-refractivity contribution in [3.63, 3.8) is 0 Å². The zero-order chi connectivity index (χ0) is 15.8. The molecule has 5 heteroatoms. The third kappa shape index (κ3) is 5.30. The fourth-order valence-corrected chi connectivity index (χ4v) is 2.83. The Morgan fingerprint density at radius 1 is 1.27 bits per heavy atom. The highest BCUT2D eigenvalue weighted by atomic mass is 16.4. The Bertz CT molecular complexity index is 491. The average Bonchev–Trinajstić information content (AvgIpc) is 2.53. The summed E-state index contributed by atoms with van der Waals surface area (Å²) in [4.78, 5) is 15.3. The number of hydrogen-bond donors (Lipinski definition) is 3. The van der Waals surface area contributed by atoms with Crippen molar-refractivity contribution in [2.24, 2.45) is 5.73 Å². The van der Waals surface area contributed by atoms with Gasteiger partial charge in [0.15, 0.2) is 0 Å². The second kappa shape index (κ2) is 8.73. The van der Waals surface area contributed by atoms with Crippen LogP contribution in [0.4, 0.5) is 5.82 Å². The molecule has 122 valence electrons. The molecular formula is C17H27N3O2. The van der Waals surface area contributed by atoms with Gasteiger partial charge in [-0.3, -0.25) is 4.79 Å². The summed E-state index contributed by atoms with van der Waals surface area (Å²) in [7, 11) is 0. The Hall–Kier alpha value is -1.62. The van der Waals surface area contributed by atoms with Gasteiger partial charge < -0.3 is 16.2 Å². The number of nitrogens with zero attached hydrogens (tertiary/aromatic N) is 1. The van der Waals surface area contributed by atoms with E-state index < -0.39 is 12.0 Å². The van der Waals surface area contributed by atoms with Gasteiger partial charge >= 0.3 is 5.97 Å². The quantitative estimate of drug-likeness (QED) is 0.611. The molecule has 0 saturated carbocycles. The smallest absolute Gasteiger partial charge is 0.320 e. The highest BCUT2D eigenvalue weighted by Gasteiger charge is 2.11. The fourth-order valence-electron chi connectivity index (χ4n) is 2.83. The van der Waals surface area contributed by atoms with Crippen LogP contribution in [-0.4, -0.2) is 28.6 Å². The Balaban J connectivity index is 1.58. The van der Waals surface area contributed by atoms with Crippen LogP contribution in [0.15, 0.2) is 12.1 Å². The minimum Gasteiger partial charge on any atom is -0.480 e. The van der Waals surface area contributed by atoms with Crippen molar-refractivity contribution in [3.05, 3.63) is 23.4 Å². The number of pyridine rings is 1. The molecule has 2 heterocycles. The number of carboxylic acids is 1. The number of nitrogens with two attached hydrogens (primary N) is 1. The lowest BCUT2D eigenvalue weighted by Gasteiger charge is -2.17. The summed E-state index contributed by atoms with van der Waals surface area (Å²) in [5.74, 6) is 0.179. The Kier molecular flexibility index (Phi) is 6.65. The first kappa shape index (κ1) is 16.7. The number of anilines is 1. The van der Waals surface area contributed by atoms with Crippen LogP contribution in [0.1, 0.15) is 56.2 Å². The number of carboxylic acid groups (broad SMARTS) is 1. The molecule has 1 atom stereocenters. The number of nitrogens with one attached hydrogen (secondary N) is 1. The fraction of sp³-hybridized carbons (Fsp3) is 0.647. The molecule has 0 amide bonds. The Labute approximate surface area is 132 Å². The van der Waals surface area contributed by atoms with Crippen LogP contribution in [0, 0.1) is 0 Å². The number of aliphatic carboxylic acids is 1. The Morgan fingerprint density at radius 2 is 2.05 bits per heavy atom. The standard InChI is InChI=1S/C17H27N3O2/c18-15(17(21)22)9-5-3-1-2-4-8-14-11-10-13-7-6-12-19-16(13)20-14/h10-11,15H,1-9,12,18H2,(H,19,20)(H,21,22). The van der Waals surface area contributed by atoms with E-state index in [0.717, 1.165) is 57.3 Å². The monoisotopic (exact) mass is 305 g/mol. The first-order valence-corrected chi connectivity index (χ1v) is 8.38. The molecule has 5 nitrogen and oxygen atoms in total. The molecule has 0 aromatic carbocycles. The molecule has 0 radical (unpaired) electrons. The van der Waals surface area contributed by atoms with E-state index in [0.29, 0.717) is 6.42 Å². The lowest BCUT2D eigenvalue weighted by Crippen LogP contribution is -2.29. The minimum absolute atomic E-state index is 0.577. The number of aryl methyl sites for hydroxylation is 2. The largest absolute Gasteiger partial charge is 0.480 e. The second-order valence-electron chi connectivity index (χ2n) is 6.09. The molecule has 1 aromatic rings. The van der Waals surface area contributed by atoms with Gasteiger partial charge in [0.25, 0.3) is 0 Å². The average molecular weight is 305 g/mol. The number of fused-ring (bicyclic) bond motifs is 1. The number of unbranched alkanes of at least 4 members (excludes halogenated alkanes) is 4. The number of aromatic nitrogens is 1. The molecule has 1 aliphatic rings. The molecule has 1 unspecified atom stereocenters. The predicted molar refractivity (Wildman–Crippen MR) is 88.1 cm³/mol. The molecule has 1 aliphatic heterocycles. The van der Waals surface area contributed by atoms with Crippen molar-refractivity contribution in [2.75, 3.05) is 11.9 Å². The Morgan fingerprint density at radius 3 is 2.86 bits per heavy atom. The van der Waals surface area contributed by atoms with Crippen molar-refractivity contribution >= 4 is 11.8 Å². The van der Waals surface area contributed by atoms with E-state index in [9.17, 15) is 4.79 Å². The maximum Gasteiger partial charge on any atom is 0.320 e. The lowest BCUT2D eigenvalue weighted by molar-refractivity contribution is -0.138. The maximum atomic E-state index is 10.6. The van der Waals surface area contributed by atoms with Crippen LogP contribution in [0.2, 0.25) is 0 Å².